The van der Waals surface area contributed by atoms with Gasteiger partial charge in [0.1, 0.15) is 5.82 Å². The Morgan fingerprint density at radius 2 is 1.93 bits per heavy atom. The lowest BCUT2D eigenvalue weighted by atomic mass is 9.96. The summed E-state index contributed by atoms with van der Waals surface area (Å²) in [6, 6.07) is 14.3. The Kier molecular flexibility index (Phi) is 5.83. The van der Waals surface area contributed by atoms with E-state index in [0.29, 0.717) is 11.7 Å². The van der Waals surface area contributed by atoms with E-state index in [2.05, 4.69) is 39.7 Å². The van der Waals surface area contributed by atoms with Gasteiger partial charge in [-0.1, -0.05) is 6.07 Å². The summed E-state index contributed by atoms with van der Waals surface area (Å²) < 4.78 is 21.1. The van der Waals surface area contributed by atoms with Gasteiger partial charge in [0.2, 0.25) is 0 Å². The monoisotopic (exact) mass is 424 g/mol. The first-order valence-electron chi connectivity index (χ1n) is 9.93. The van der Waals surface area contributed by atoms with Gasteiger partial charge in [-0.05, 0) is 74.1 Å². The average molecular weight is 425 g/mol. The Hall–Kier alpha value is -2.77. The van der Waals surface area contributed by atoms with Gasteiger partial charge in [-0.3, -0.25) is 4.98 Å². The molecule has 2 atom stereocenters. The van der Waals surface area contributed by atoms with Crippen molar-refractivity contribution in [2.24, 2.45) is 0 Å². The van der Waals surface area contributed by atoms with E-state index in [1.165, 1.54) is 12.1 Å². The Morgan fingerprint density at radius 1 is 1.17 bits per heavy atom. The first-order valence-corrected chi connectivity index (χ1v) is 10.3. The third-order valence-electron chi connectivity index (χ3n) is 5.65. The minimum atomic E-state index is -0.271. The van der Waals surface area contributed by atoms with E-state index in [0.717, 1.165) is 34.9 Å². The molecule has 1 fully saturated rings. The highest BCUT2D eigenvalue weighted by atomic mass is 32.1. The van der Waals surface area contributed by atoms with Crippen LogP contribution in [0.1, 0.15) is 34.7 Å². The van der Waals surface area contributed by atoms with E-state index in [-0.39, 0.29) is 17.9 Å². The van der Waals surface area contributed by atoms with Crippen molar-refractivity contribution in [3.8, 4) is 0 Å². The number of pyridine rings is 1. The number of methoxy groups -OCH3 is 1. The molecule has 0 aliphatic carbocycles. The number of ether oxygens (including phenoxy) is 1. The van der Waals surface area contributed by atoms with Crippen molar-refractivity contribution < 1.29 is 9.13 Å². The van der Waals surface area contributed by atoms with Gasteiger partial charge in [0, 0.05) is 36.9 Å². The van der Waals surface area contributed by atoms with Crippen molar-refractivity contribution in [2.45, 2.75) is 32.5 Å². The molecule has 156 valence electrons. The molecular formula is C23H25FN4OS. The summed E-state index contributed by atoms with van der Waals surface area (Å²) in [7, 11) is 1.71. The largest absolute Gasteiger partial charge is 0.383 e. The number of thiocarbonyl (C=S) groups is 1. The highest BCUT2D eigenvalue weighted by Gasteiger charge is 2.42. The molecule has 0 spiro atoms. The molecule has 7 heteroatoms. The van der Waals surface area contributed by atoms with E-state index in [1.54, 1.807) is 25.4 Å². The van der Waals surface area contributed by atoms with Gasteiger partial charge in [0.05, 0.1) is 24.4 Å². The molecule has 0 radical (unpaired) electrons. The van der Waals surface area contributed by atoms with Crippen molar-refractivity contribution in [1.82, 2.24) is 14.9 Å². The third-order valence-corrected chi connectivity index (χ3v) is 5.97. The lowest BCUT2D eigenvalue weighted by Gasteiger charge is -2.28. The zero-order chi connectivity index (χ0) is 21.3. The van der Waals surface area contributed by atoms with Gasteiger partial charge >= 0.3 is 0 Å². The molecule has 1 saturated heterocycles. The van der Waals surface area contributed by atoms with Crippen LogP contribution >= 0.6 is 12.2 Å². The second-order valence-corrected chi connectivity index (χ2v) is 7.83. The summed E-state index contributed by atoms with van der Waals surface area (Å²) in [5, 5.41) is 4.05. The smallest absolute Gasteiger partial charge is 0.174 e. The van der Waals surface area contributed by atoms with Crippen molar-refractivity contribution in [3.63, 3.8) is 0 Å². The van der Waals surface area contributed by atoms with Crippen molar-refractivity contribution in [3.05, 3.63) is 83.2 Å². The zero-order valence-corrected chi connectivity index (χ0v) is 18.1. The first-order chi connectivity index (χ1) is 14.5. The van der Waals surface area contributed by atoms with Crippen LogP contribution in [0.15, 0.2) is 54.7 Å². The molecule has 4 rings (SSSR count). The van der Waals surface area contributed by atoms with Crippen LogP contribution in [0.2, 0.25) is 0 Å². The van der Waals surface area contributed by atoms with Crippen LogP contribution in [-0.2, 0) is 11.3 Å². The van der Waals surface area contributed by atoms with Gasteiger partial charge in [-0.2, -0.15) is 0 Å². The maximum Gasteiger partial charge on any atom is 0.174 e. The molecule has 5 nitrogen and oxygen atoms in total. The summed E-state index contributed by atoms with van der Waals surface area (Å²) >= 11 is 5.73. The Labute approximate surface area is 181 Å². The van der Waals surface area contributed by atoms with Crippen molar-refractivity contribution in [1.29, 1.82) is 0 Å². The first kappa shape index (κ1) is 20.5. The Balaban J connectivity index is 1.83. The van der Waals surface area contributed by atoms with Gasteiger partial charge < -0.3 is 19.5 Å². The van der Waals surface area contributed by atoms with Crippen molar-refractivity contribution in [2.75, 3.05) is 18.6 Å². The second-order valence-electron chi connectivity index (χ2n) is 7.44. The third kappa shape index (κ3) is 3.70. The number of rotatable bonds is 6. The number of aromatic nitrogens is 2. The summed E-state index contributed by atoms with van der Waals surface area (Å²) in [5.74, 6) is -0.271. The Bertz CT molecular complexity index is 1040. The Morgan fingerprint density at radius 3 is 2.60 bits per heavy atom. The lowest BCUT2D eigenvalue weighted by molar-refractivity contribution is 0.186. The van der Waals surface area contributed by atoms with E-state index in [9.17, 15) is 4.39 Å². The molecule has 0 bridgehead atoms. The SMILES string of the molecule is COCCn1c(C)cc([C@@H]2[C@H](c3ccccn3)NC(=S)N2c2ccc(F)cc2)c1C. The van der Waals surface area contributed by atoms with E-state index < -0.39 is 0 Å². The van der Waals surface area contributed by atoms with E-state index in [1.807, 2.05) is 18.2 Å². The lowest BCUT2D eigenvalue weighted by Crippen LogP contribution is -2.29. The highest BCUT2D eigenvalue weighted by Crippen LogP contribution is 2.43. The van der Waals surface area contributed by atoms with Gasteiger partial charge in [-0.25, -0.2) is 4.39 Å². The molecule has 1 aromatic carbocycles. The fraction of sp³-hybridized carbons (Fsp3) is 0.304. The molecule has 0 saturated carbocycles. The van der Waals surface area contributed by atoms with Crippen LogP contribution in [-0.4, -0.2) is 28.4 Å². The summed E-state index contributed by atoms with van der Waals surface area (Å²) in [6.07, 6.45) is 1.79. The predicted octanol–water partition coefficient (Wildman–Crippen LogP) is 4.46. The normalized spacial score (nSPS) is 18.7. The van der Waals surface area contributed by atoms with Crippen molar-refractivity contribution >= 4 is 23.0 Å². The maximum atomic E-state index is 13.6. The van der Waals surface area contributed by atoms with Gasteiger partial charge in [0.15, 0.2) is 5.11 Å². The number of hydrogen-bond acceptors (Lipinski definition) is 3. The van der Waals surface area contributed by atoms with E-state index >= 15 is 0 Å². The number of halogens is 1. The quantitative estimate of drug-likeness (QED) is 0.592. The molecule has 30 heavy (non-hydrogen) atoms. The molecule has 2 aromatic heterocycles. The summed E-state index contributed by atoms with van der Waals surface area (Å²) in [6.45, 7) is 5.65. The topological polar surface area (TPSA) is 42.3 Å². The number of benzene rings is 1. The molecule has 0 unspecified atom stereocenters. The molecule has 1 aliphatic rings. The number of aryl methyl sites for hydroxylation is 1. The number of hydrogen-bond donors (Lipinski definition) is 1. The van der Waals surface area contributed by atoms with Gasteiger partial charge in [0.25, 0.3) is 0 Å². The number of nitrogens with one attached hydrogen (secondary N) is 1. The minimum absolute atomic E-state index is 0.111. The summed E-state index contributed by atoms with van der Waals surface area (Å²) in [4.78, 5) is 6.65. The van der Waals surface area contributed by atoms with Crippen LogP contribution in [0.25, 0.3) is 0 Å². The van der Waals surface area contributed by atoms with Crippen LogP contribution in [0, 0.1) is 19.7 Å². The molecule has 1 N–H and O–H groups in total. The molecule has 3 aromatic rings. The van der Waals surface area contributed by atoms with Gasteiger partial charge in [-0.15, -0.1) is 0 Å². The number of nitrogens with zero attached hydrogens (tertiary/aromatic N) is 3. The van der Waals surface area contributed by atoms with E-state index in [4.69, 9.17) is 17.0 Å². The number of anilines is 1. The van der Waals surface area contributed by atoms with Crippen LogP contribution in [0.5, 0.6) is 0 Å². The molecule has 0 amide bonds. The van der Waals surface area contributed by atoms with Crippen LogP contribution < -0.4 is 10.2 Å². The standard InChI is InChI=1S/C23H25FN4OS/c1-15-14-19(16(2)27(15)12-13-29-3)22-21(20-6-4-5-11-25-20)26-23(30)28(22)18-9-7-17(24)8-10-18/h4-11,14,21-22H,12-13H2,1-3H3,(H,26,30)/t21-,22+/m0/s1. The summed E-state index contributed by atoms with van der Waals surface area (Å²) in [5.41, 5.74) is 5.25. The fourth-order valence-corrected chi connectivity index (χ4v) is 4.55. The highest BCUT2D eigenvalue weighted by molar-refractivity contribution is 7.80. The maximum absolute atomic E-state index is 13.6. The fourth-order valence-electron chi connectivity index (χ4n) is 4.20. The minimum Gasteiger partial charge on any atom is -0.383 e. The molecular weight excluding hydrogens is 399 g/mol. The predicted molar refractivity (Wildman–Crippen MR) is 120 cm³/mol. The average Bonchev–Trinajstić information content (AvgIpc) is 3.23. The second kappa shape index (κ2) is 8.53. The van der Waals surface area contributed by atoms with Crippen LogP contribution in [0.3, 0.4) is 0 Å². The molecule has 3 heterocycles. The van der Waals surface area contributed by atoms with Crippen LogP contribution in [0.4, 0.5) is 10.1 Å². The molecule has 1 aliphatic heterocycles. The zero-order valence-electron chi connectivity index (χ0n) is 17.3.